The predicted molar refractivity (Wildman–Crippen MR) is 125 cm³/mol. The van der Waals surface area contributed by atoms with Crippen LogP contribution in [-0.4, -0.2) is 31.6 Å². The summed E-state index contributed by atoms with van der Waals surface area (Å²) in [5, 5.41) is 5.81. The Balaban J connectivity index is 0.00000280. The van der Waals surface area contributed by atoms with Gasteiger partial charge in [-0.3, -0.25) is 9.79 Å². The maximum atomic E-state index is 11.9. The van der Waals surface area contributed by atoms with Gasteiger partial charge in [0.05, 0.1) is 19.8 Å². The quantitative estimate of drug-likeness (QED) is 0.292. The molecule has 0 radical (unpaired) electrons. The van der Waals surface area contributed by atoms with E-state index in [0.717, 1.165) is 28.0 Å². The molecule has 1 amide bonds. The van der Waals surface area contributed by atoms with E-state index in [2.05, 4.69) is 31.6 Å². The number of benzene rings is 2. The standard InChI is InChI=1S/C19H21BrN4O3.HI/c20-13-2-4-14(5-3-13)23-18(25)8-9-22-19(21)24-15-6-7-16-17(12-15)27-11-1-10-26-16;/h2-7,12H,1,8-11H2,(H,23,25)(H3,21,22,24);1H. The van der Waals surface area contributed by atoms with Crippen LogP contribution in [0.5, 0.6) is 11.5 Å². The summed E-state index contributed by atoms with van der Waals surface area (Å²) in [6.45, 7) is 1.55. The van der Waals surface area contributed by atoms with E-state index in [9.17, 15) is 4.79 Å². The minimum absolute atomic E-state index is 0. The largest absolute Gasteiger partial charge is 0.490 e. The van der Waals surface area contributed by atoms with Crippen molar-refractivity contribution in [1.29, 1.82) is 0 Å². The molecule has 0 fully saturated rings. The lowest BCUT2D eigenvalue weighted by Crippen LogP contribution is -2.23. The van der Waals surface area contributed by atoms with E-state index in [1.54, 1.807) is 0 Å². The normalized spacial score (nSPS) is 13.1. The van der Waals surface area contributed by atoms with E-state index >= 15 is 0 Å². The third kappa shape index (κ3) is 6.86. The van der Waals surface area contributed by atoms with Crippen molar-refractivity contribution in [2.75, 3.05) is 30.4 Å². The van der Waals surface area contributed by atoms with E-state index in [1.807, 2.05) is 42.5 Å². The molecule has 0 bridgehead atoms. The van der Waals surface area contributed by atoms with Crippen LogP contribution in [0.25, 0.3) is 0 Å². The molecule has 9 heteroatoms. The van der Waals surface area contributed by atoms with Crippen molar-refractivity contribution in [1.82, 2.24) is 0 Å². The highest BCUT2D eigenvalue weighted by molar-refractivity contribution is 14.0. The Morgan fingerprint density at radius 3 is 2.46 bits per heavy atom. The molecule has 28 heavy (non-hydrogen) atoms. The van der Waals surface area contributed by atoms with Crippen molar-refractivity contribution < 1.29 is 14.3 Å². The van der Waals surface area contributed by atoms with E-state index in [4.69, 9.17) is 15.2 Å². The number of fused-ring (bicyclic) bond motifs is 1. The summed E-state index contributed by atoms with van der Waals surface area (Å²) in [6.07, 6.45) is 1.09. The summed E-state index contributed by atoms with van der Waals surface area (Å²) in [4.78, 5) is 16.1. The number of guanidine groups is 1. The predicted octanol–water partition coefficient (Wildman–Crippen LogP) is 3.98. The molecule has 0 saturated carbocycles. The molecular weight excluding hydrogens is 539 g/mol. The molecule has 4 N–H and O–H groups in total. The van der Waals surface area contributed by atoms with Gasteiger partial charge in [0.1, 0.15) is 0 Å². The van der Waals surface area contributed by atoms with Crippen LogP contribution < -0.4 is 25.8 Å². The van der Waals surface area contributed by atoms with Crippen LogP contribution in [0, 0.1) is 0 Å². The topological polar surface area (TPSA) is 98.0 Å². The highest BCUT2D eigenvalue weighted by Gasteiger charge is 2.11. The third-order valence-corrected chi connectivity index (χ3v) is 4.30. The zero-order valence-electron chi connectivity index (χ0n) is 15.1. The number of hydrogen-bond acceptors (Lipinski definition) is 4. The van der Waals surface area contributed by atoms with Crippen molar-refractivity contribution in [3.05, 3.63) is 46.9 Å². The number of aliphatic imine (C=N–C) groups is 1. The molecule has 1 aliphatic heterocycles. The Bertz CT molecular complexity index is 830. The first kappa shape index (κ1) is 22.3. The van der Waals surface area contributed by atoms with Gasteiger partial charge in [0.15, 0.2) is 17.5 Å². The number of rotatable bonds is 5. The lowest BCUT2D eigenvalue weighted by atomic mass is 10.3. The molecule has 0 atom stereocenters. The number of nitrogens with zero attached hydrogens (tertiary/aromatic N) is 1. The molecular formula is C19H22BrIN4O3. The van der Waals surface area contributed by atoms with Crippen LogP contribution in [0.3, 0.4) is 0 Å². The monoisotopic (exact) mass is 560 g/mol. The fraction of sp³-hybridized carbons (Fsp3) is 0.263. The Morgan fingerprint density at radius 1 is 1.04 bits per heavy atom. The van der Waals surface area contributed by atoms with Gasteiger partial charge in [0, 0.05) is 34.8 Å². The lowest BCUT2D eigenvalue weighted by molar-refractivity contribution is -0.116. The summed E-state index contributed by atoms with van der Waals surface area (Å²) in [5.41, 5.74) is 7.39. The zero-order valence-corrected chi connectivity index (χ0v) is 19.0. The second-order valence-corrected chi connectivity index (χ2v) is 6.82. The molecule has 7 nitrogen and oxygen atoms in total. The number of ether oxygens (including phenoxy) is 2. The second kappa shape index (κ2) is 11.1. The van der Waals surface area contributed by atoms with Crippen LogP contribution in [-0.2, 0) is 4.79 Å². The van der Waals surface area contributed by atoms with Crippen molar-refractivity contribution in [3.8, 4) is 11.5 Å². The first-order chi connectivity index (χ1) is 13.1. The Morgan fingerprint density at radius 2 is 1.71 bits per heavy atom. The lowest BCUT2D eigenvalue weighted by Gasteiger charge is -2.10. The van der Waals surface area contributed by atoms with Crippen molar-refractivity contribution in [2.24, 2.45) is 10.7 Å². The fourth-order valence-electron chi connectivity index (χ4n) is 2.46. The third-order valence-electron chi connectivity index (χ3n) is 3.77. The van der Waals surface area contributed by atoms with Crippen molar-refractivity contribution in [2.45, 2.75) is 12.8 Å². The van der Waals surface area contributed by atoms with Gasteiger partial charge < -0.3 is 25.8 Å². The van der Waals surface area contributed by atoms with Gasteiger partial charge >= 0.3 is 0 Å². The maximum absolute atomic E-state index is 11.9. The number of hydrogen-bond donors (Lipinski definition) is 3. The molecule has 150 valence electrons. The van der Waals surface area contributed by atoms with E-state index in [-0.39, 0.29) is 48.8 Å². The molecule has 3 rings (SSSR count). The molecule has 1 heterocycles. The summed E-state index contributed by atoms with van der Waals surface area (Å²) < 4.78 is 12.2. The summed E-state index contributed by atoms with van der Waals surface area (Å²) >= 11 is 3.35. The van der Waals surface area contributed by atoms with Gasteiger partial charge in [-0.15, -0.1) is 24.0 Å². The molecule has 0 aromatic heterocycles. The van der Waals surface area contributed by atoms with Crippen LogP contribution in [0.2, 0.25) is 0 Å². The fourth-order valence-corrected chi connectivity index (χ4v) is 2.73. The second-order valence-electron chi connectivity index (χ2n) is 5.91. The summed E-state index contributed by atoms with van der Waals surface area (Å²) in [5.74, 6) is 1.52. The maximum Gasteiger partial charge on any atom is 0.226 e. The van der Waals surface area contributed by atoms with E-state index < -0.39 is 0 Å². The number of carbonyl (C=O) groups is 1. The first-order valence-corrected chi connectivity index (χ1v) is 9.41. The Labute approximate surface area is 189 Å². The number of amides is 1. The van der Waals surface area contributed by atoms with E-state index in [0.29, 0.717) is 19.0 Å². The van der Waals surface area contributed by atoms with Crippen LogP contribution in [0.1, 0.15) is 12.8 Å². The van der Waals surface area contributed by atoms with Gasteiger partial charge in [0.2, 0.25) is 5.91 Å². The zero-order chi connectivity index (χ0) is 19.1. The van der Waals surface area contributed by atoms with Gasteiger partial charge in [-0.05, 0) is 36.4 Å². The van der Waals surface area contributed by atoms with Crippen LogP contribution >= 0.6 is 39.9 Å². The molecule has 1 aliphatic rings. The average Bonchev–Trinajstić information content (AvgIpc) is 2.88. The van der Waals surface area contributed by atoms with Gasteiger partial charge in [-0.1, -0.05) is 15.9 Å². The van der Waals surface area contributed by atoms with Gasteiger partial charge in [0.25, 0.3) is 0 Å². The molecule has 0 unspecified atom stereocenters. The first-order valence-electron chi connectivity index (χ1n) is 8.62. The highest BCUT2D eigenvalue weighted by Crippen LogP contribution is 2.32. The van der Waals surface area contributed by atoms with Crippen molar-refractivity contribution >= 4 is 63.1 Å². The summed E-state index contributed by atoms with van der Waals surface area (Å²) in [7, 11) is 0. The smallest absolute Gasteiger partial charge is 0.226 e. The van der Waals surface area contributed by atoms with Gasteiger partial charge in [-0.2, -0.15) is 0 Å². The Hall–Kier alpha value is -2.01. The van der Waals surface area contributed by atoms with Crippen molar-refractivity contribution in [3.63, 3.8) is 0 Å². The van der Waals surface area contributed by atoms with Crippen LogP contribution in [0.15, 0.2) is 51.9 Å². The van der Waals surface area contributed by atoms with Crippen LogP contribution in [0.4, 0.5) is 11.4 Å². The number of halogens is 2. The highest BCUT2D eigenvalue weighted by atomic mass is 127. The molecule has 0 saturated heterocycles. The Kier molecular flexibility index (Phi) is 8.84. The number of anilines is 2. The molecule has 2 aromatic rings. The molecule has 0 spiro atoms. The number of carbonyl (C=O) groups excluding carboxylic acids is 1. The number of nitrogens with one attached hydrogen (secondary N) is 2. The SMILES string of the molecule is I.NC(=NCCC(=O)Nc1ccc(Br)cc1)Nc1ccc2c(c1)OCCCO2. The number of nitrogens with two attached hydrogens (primary N) is 1. The molecule has 0 aliphatic carbocycles. The minimum Gasteiger partial charge on any atom is -0.490 e. The average molecular weight is 561 g/mol. The van der Waals surface area contributed by atoms with Gasteiger partial charge in [-0.25, -0.2) is 0 Å². The minimum atomic E-state index is -0.121. The molecule has 2 aromatic carbocycles. The summed E-state index contributed by atoms with van der Waals surface area (Å²) in [6, 6.07) is 12.9. The van der Waals surface area contributed by atoms with E-state index in [1.165, 1.54) is 0 Å².